The summed E-state index contributed by atoms with van der Waals surface area (Å²) < 4.78 is 12.1. The average molecular weight is 390 g/mol. The van der Waals surface area contributed by atoms with Crippen LogP contribution in [0.25, 0.3) is 10.9 Å². The first kappa shape index (κ1) is 20.7. The van der Waals surface area contributed by atoms with Gasteiger partial charge in [-0.2, -0.15) is 0 Å². The Balaban J connectivity index is 1.82. The third-order valence-corrected chi connectivity index (χ3v) is 5.54. The normalized spacial score (nSPS) is 12.1. The molecule has 0 spiro atoms. The molecule has 0 unspecified atom stereocenters. The first-order chi connectivity index (χ1) is 13.0. The Morgan fingerprint density at radius 3 is 2.04 bits per heavy atom. The van der Waals surface area contributed by atoms with Crippen LogP contribution in [0.4, 0.5) is 0 Å². The van der Waals surface area contributed by atoms with Crippen LogP contribution in [0.3, 0.4) is 0 Å². The maximum Gasteiger partial charge on any atom is 0.881 e. The number of aromatic nitrogens is 1. The van der Waals surface area contributed by atoms with Crippen LogP contribution in [0.15, 0.2) is 48.5 Å². The predicted octanol–water partition coefficient (Wildman–Crippen LogP) is 6.13. The summed E-state index contributed by atoms with van der Waals surface area (Å²) in [6.07, 6.45) is 0. The van der Waals surface area contributed by atoms with E-state index < -0.39 is 15.9 Å². The zero-order valence-corrected chi connectivity index (χ0v) is 19.1. The fourth-order valence-corrected chi connectivity index (χ4v) is 3.57. The Bertz CT molecular complexity index is 952. The van der Waals surface area contributed by atoms with Crippen LogP contribution in [0, 0.1) is 6.92 Å². The van der Waals surface area contributed by atoms with E-state index in [-0.39, 0.29) is 10.8 Å². The van der Waals surface area contributed by atoms with Gasteiger partial charge in [-0.05, 0) is 53.1 Å². The van der Waals surface area contributed by atoms with Crippen LogP contribution in [-0.2, 0) is 10.8 Å². The van der Waals surface area contributed by atoms with Gasteiger partial charge in [0.25, 0.3) is 0 Å². The van der Waals surface area contributed by atoms with Crippen molar-refractivity contribution in [3.63, 3.8) is 0 Å². The summed E-state index contributed by atoms with van der Waals surface area (Å²) in [7, 11) is 0. The molecule has 0 saturated carbocycles. The van der Waals surface area contributed by atoms with Gasteiger partial charge >= 0.3 is 15.9 Å². The number of aryl methyl sites for hydroxylation is 1. The quantitative estimate of drug-likeness (QED) is 0.502. The number of nitrogens with zero attached hydrogens (tertiary/aromatic N) is 1. The van der Waals surface area contributed by atoms with Crippen molar-refractivity contribution in [3.05, 3.63) is 65.4 Å². The fraction of sp³-hybridized carbons (Fsp3) is 0.375. The molecule has 3 aromatic rings. The highest BCUT2D eigenvalue weighted by atomic mass is 27.2. The molecule has 0 aliphatic carbocycles. The zero-order valence-electron chi connectivity index (χ0n) is 18.0. The number of pyridine rings is 1. The summed E-state index contributed by atoms with van der Waals surface area (Å²) in [5, 5.41) is 1.08. The molecule has 0 N–H and O–H groups in total. The number of rotatable bonds is 4. The third kappa shape index (κ3) is 4.87. The minimum absolute atomic E-state index is 0.0621. The highest BCUT2D eigenvalue weighted by Crippen LogP contribution is 2.33. The Hall–Kier alpha value is -2.02. The van der Waals surface area contributed by atoms with Gasteiger partial charge in [-0.1, -0.05) is 65.8 Å². The summed E-state index contributed by atoms with van der Waals surface area (Å²) in [6.45, 7) is 15.4. The summed E-state index contributed by atoms with van der Waals surface area (Å²) in [6, 6.07) is 16.6. The lowest BCUT2D eigenvalue weighted by atomic mass is 9.80. The van der Waals surface area contributed by atoms with Gasteiger partial charge in [-0.15, -0.1) is 0 Å². The fourth-order valence-electron chi connectivity index (χ4n) is 2.98. The van der Waals surface area contributed by atoms with Crippen LogP contribution in [0.2, 0.25) is 0 Å². The van der Waals surface area contributed by atoms with Crippen molar-refractivity contribution in [2.75, 3.05) is 0 Å². The molecule has 0 aliphatic heterocycles. The number of hydrogen-bond donors (Lipinski definition) is 0. The van der Waals surface area contributed by atoms with Gasteiger partial charge in [0.15, 0.2) is 0 Å². The van der Waals surface area contributed by atoms with Crippen molar-refractivity contribution in [1.82, 2.24) is 4.98 Å². The second-order valence-electron chi connectivity index (χ2n) is 9.36. The first-order valence-corrected chi connectivity index (χ1v) is 10.7. The predicted molar refractivity (Wildman–Crippen MR) is 117 cm³/mol. The molecule has 4 heteroatoms. The van der Waals surface area contributed by atoms with Crippen molar-refractivity contribution in [2.24, 2.45) is 0 Å². The third-order valence-electron chi connectivity index (χ3n) is 4.82. The van der Waals surface area contributed by atoms with Crippen molar-refractivity contribution in [3.8, 4) is 11.5 Å². The minimum atomic E-state index is -0.689. The second-order valence-corrected chi connectivity index (χ2v) is 10.0. The van der Waals surface area contributed by atoms with E-state index >= 15 is 0 Å². The van der Waals surface area contributed by atoms with Gasteiger partial charge in [-0.25, -0.2) is 4.98 Å². The van der Waals surface area contributed by atoms with E-state index in [4.69, 9.17) is 7.58 Å². The molecule has 0 amide bonds. The van der Waals surface area contributed by atoms with E-state index in [1.54, 1.807) is 0 Å². The highest BCUT2D eigenvalue weighted by molar-refractivity contribution is 6.21. The van der Waals surface area contributed by atoms with Crippen molar-refractivity contribution >= 4 is 26.8 Å². The van der Waals surface area contributed by atoms with Gasteiger partial charge in [-0.3, -0.25) is 0 Å². The lowest BCUT2D eigenvalue weighted by Gasteiger charge is -2.26. The molecule has 0 saturated heterocycles. The number of benzene rings is 2. The van der Waals surface area contributed by atoms with E-state index in [0.717, 1.165) is 28.1 Å². The van der Waals surface area contributed by atoms with Crippen molar-refractivity contribution in [2.45, 2.75) is 59.3 Å². The lowest BCUT2D eigenvalue weighted by Crippen LogP contribution is -2.18. The Labute approximate surface area is 175 Å². The van der Waals surface area contributed by atoms with Gasteiger partial charge in [0, 0.05) is 11.1 Å². The second kappa shape index (κ2) is 7.78. The molecule has 0 fully saturated rings. The highest BCUT2D eigenvalue weighted by Gasteiger charge is 2.21. The van der Waals surface area contributed by atoms with Crippen molar-refractivity contribution < 1.29 is 7.58 Å². The molecule has 3 rings (SSSR count). The molecule has 0 bridgehead atoms. The summed E-state index contributed by atoms with van der Waals surface area (Å²) >= 11 is -0.689. The Morgan fingerprint density at radius 1 is 0.786 bits per heavy atom. The summed E-state index contributed by atoms with van der Waals surface area (Å²) in [5.74, 6) is 1.65. The molecule has 3 nitrogen and oxygen atoms in total. The summed E-state index contributed by atoms with van der Waals surface area (Å²) in [5.41, 5.74) is 4.54. The molecule has 1 aromatic heterocycles. The molecular formula is C24H29AlNO2. The summed E-state index contributed by atoms with van der Waals surface area (Å²) in [4.78, 5) is 4.63. The standard InChI is InChI=1S/C14H22O.C10H9NO.Al/c1-13(2,3)10-7-11(14(4,5)6)9-12(15)8-10;1-7-5-6-8-3-2-4-9(12)10(8)11-7;/h7-9,15H,1-6H3;2-6,12H,1H3;/q;;+2/p-2. The van der Waals surface area contributed by atoms with Crippen LogP contribution in [-0.4, -0.2) is 20.9 Å². The average Bonchev–Trinajstić information content (AvgIpc) is 2.60. The molecule has 28 heavy (non-hydrogen) atoms. The maximum absolute atomic E-state index is 6.09. The largest absolute Gasteiger partial charge is 0.881 e. The monoisotopic (exact) mass is 390 g/mol. The lowest BCUT2D eigenvalue weighted by molar-refractivity contribution is 0.457. The van der Waals surface area contributed by atoms with Crippen LogP contribution in [0.5, 0.6) is 11.5 Å². The topological polar surface area (TPSA) is 31.4 Å². The van der Waals surface area contributed by atoms with E-state index in [2.05, 4.69) is 70.8 Å². The van der Waals surface area contributed by atoms with Gasteiger partial charge in [0.1, 0.15) is 11.3 Å². The van der Waals surface area contributed by atoms with E-state index in [0.29, 0.717) is 0 Å². The minimum Gasteiger partial charge on any atom is -0.616 e. The Kier molecular flexibility index (Phi) is 5.75. The smallest absolute Gasteiger partial charge is 0.616 e. The molecule has 0 atom stereocenters. The number of para-hydroxylation sites is 1. The molecule has 0 aliphatic rings. The molecular weight excluding hydrogens is 361 g/mol. The van der Waals surface area contributed by atoms with Crippen LogP contribution >= 0.6 is 0 Å². The van der Waals surface area contributed by atoms with Gasteiger partial charge in [0.05, 0.1) is 5.75 Å². The molecule has 145 valence electrons. The van der Waals surface area contributed by atoms with E-state index in [1.807, 2.05) is 31.2 Å². The molecule has 1 heterocycles. The number of fused-ring (bicyclic) bond motifs is 1. The maximum atomic E-state index is 6.09. The van der Waals surface area contributed by atoms with E-state index in [1.165, 1.54) is 11.1 Å². The Morgan fingerprint density at radius 2 is 1.43 bits per heavy atom. The molecule has 1 radical (unpaired) electrons. The van der Waals surface area contributed by atoms with Crippen LogP contribution in [0.1, 0.15) is 58.4 Å². The zero-order chi connectivity index (χ0) is 20.5. The molecule has 2 aromatic carbocycles. The van der Waals surface area contributed by atoms with Crippen LogP contribution < -0.4 is 7.58 Å². The van der Waals surface area contributed by atoms with Gasteiger partial charge in [0.2, 0.25) is 0 Å². The van der Waals surface area contributed by atoms with Gasteiger partial charge < -0.3 is 7.58 Å². The first-order valence-electron chi connectivity index (χ1n) is 9.71. The number of hydrogen-bond acceptors (Lipinski definition) is 3. The van der Waals surface area contributed by atoms with E-state index in [9.17, 15) is 0 Å². The van der Waals surface area contributed by atoms with Crippen molar-refractivity contribution in [1.29, 1.82) is 0 Å². The SMILES string of the molecule is Cc1ccc2cccc([O][Al][O]c3cc(C(C)(C)C)cc(C(C)(C)C)c3)c2n1.